The Morgan fingerprint density at radius 3 is 2.54 bits per heavy atom. The van der Waals surface area contributed by atoms with E-state index < -0.39 is 0 Å². The van der Waals surface area contributed by atoms with Crippen LogP contribution in [0, 0.1) is 12.8 Å². The van der Waals surface area contributed by atoms with Crippen LogP contribution in [0.2, 0.25) is 0 Å². The third-order valence-electron chi connectivity index (χ3n) is 7.67. The van der Waals surface area contributed by atoms with E-state index in [0.29, 0.717) is 35.9 Å². The van der Waals surface area contributed by atoms with Gasteiger partial charge in [-0.15, -0.1) is 0 Å². The average molecular weight is 475 g/mol. The van der Waals surface area contributed by atoms with E-state index in [1.807, 2.05) is 61.1 Å². The number of piperidine rings is 3. The van der Waals surface area contributed by atoms with Crippen molar-refractivity contribution in [2.24, 2.45) is 13.0 Å². The highest BCUT2D eigenvalue weighted by atomic mass is 16.5. The number of carbonyl (C=O) groups is 1. The van der Waals surface area contributed by atoms with Crippen LogP contribution in [-0.4, -0.2) is 60.5 Å². The summed E-state index contributed by atoms with van der Waals surface area (Å²) in [5.41, 5.74) is 5.12. The first kappa shape index (κ1) is 23.4. The zero-order chi connectivity index (χ0) is 24.5. The first-order valence-corrected chi connectivity index (χ1v) is 12.3. The van der Waals surface area contributed by atoms with Crippen molar-refractivity contribution in [3.63, 3.8) is 0 Å². The van der Waals surface area contributed by atoms with E-state index in [9.17, 15) is 4.79 Å². The molecular weight excluding hydrogens is 440 g/mol. The number of methoxy groups -OCH3 is 2. The fourth-order valence-corrected chi connectivity index (χ4v) is 5.67. The summed E-state index contributed by atoms with van der Waals surface area (Å²) in [4.78, 5) is 15.1. The van der Waals surface area contributed by atoms with Gasteiger partial charge in [-0.05, 0) is 68.6 Å². The number of aromatic nitrogens is 2. The molecule has 0 radical (unpaired) electrons. The van der Waals surface area contributed by atoms with Gasteiger partial charge in [-0.3, -0.25) is 14.4 Å². The zero-order valence-corrected chi connectivity index (χ0v) is 21.0. The predicted octanol–water partition coefficient (Wildman–Crippen LogP) is 4.02. The Morgan fingerprint density at radius 2 is 1.86 bits per heavy atom. The number of ether oxygens (including phenoxy) is 2. The van der Waals surface area contributed by atoms with Gasteiger partial charge in [-0.1, -0.05) is 17.7 Å². The number of amides is 1. The smallest absolute Gasteiger partial charge is 0.251 e. The van der Waals surface area contributed by atoms with Gasteiger partial charge in [0.05, 0.1) is 19.9 Å². The molecule has 1 unspecified atom stereocenters. The maximum atomic E-state index is 12.6. The first-order chi connectivity index (χ1) is 17.0. The van der Waals surface area contributed by atoms with Gasteiger partial charge in [0, 0.05) is 48.9 Å². The summed E-state index contributed by atoms with van der Waals surface area (Å²) in [6.45, 7) is 4.81. The van der Waals surface area contributed by atoms with Crippen LogP contribution in [0.4, 0.5) is 0 Å². The van der Waals surface area contributed by atoms with Crippen molar-refractivity contribution in [2.75, 3.05) is 33.9 Å². The molecule has 7 nitrogen and oxygen atoms in total. The normalized spacial score (nSPS) is 23.2. The number of hydrogen-bond donors (Lipinski definition) is 1. The second-order valence-electron chi connectivity index (χ2n) is 9.76. The second kappa shape index (κ2) is 9.74. The highest BCUT2D eigenvalue weighted by Crippen LogP contribution is 2.42. The summed E-state index contributed by atoms with van der Waals surface area (Å²) in [6, 6.07) is 16.3. The highest BCUT2D eigenvalue weighted by Gasteiger charge is 2.41. The van der Waals surface area contributed by atoms with Crippen LogP contribution in [-0.2, 0) is 7.05 Å². The van der Waals surface area contributed by atoms with Crippen molar-refractivity contribution in [3.05, 3.63) is 65.4 Å². The van der Waals surface area contributed by atoms with E-state index in [4.69, 9.17) is 14.6 Å². The van der Waals surface area contributed by atoms with Gasteiger partial charge < -0.3 is 14.8 Å². The first-order valence-electron chi connectivity index (χ1n) is 12.3. The molecule has 0 aliphatic carbocycles. The van der Waals surface area contributed by atoms with Crippen LogP contribution in [0.3, 0.4) is 0 Å². The van der Waals surface area contributed by atoms with Gasteiger partial charge in [0.1, 0.15) is 0 Å². The Hall–Kier alpha value is -3.32. The van der Waals surface area contributed by atoms with E-state index in [-0.39, 0.29) is 5.91 Å². The standard InChI is InChI=1S/C28H34N4O3/c1-18-5-7-19(8-6-18)28(33)29-16-22-13-20-11-12-32(22)17-23(20)25-15-24(30-31(25)2)21-9-10-26(34-3)27(14-21)35-4/h5-10,14-15,20,22-23H,11-13,16-17H2,1-4H3,(H,29,33)/t20-,22+,23-/m0/s1. The molecule has 184 valence electrons. The summed E-state index contributed by atoms with van der Waals surface area (Å²) >= 11 is 0. The minimum Gasteiger partial charge on any atom is -0.493 e. The van der Waals surface area contributed by atoms with E-state index in [1.165, 1.54) is 12.1 Å². The van der Waals surface area contributed by atoms with Gasteiger partial charge in [0.15, 0.2) is 11.5 Å². The van der Waals surface area contributed by atoms with Crippen molar-refractivity contribution < 1.29 is 14.3 Å². The molecule has 1 N–H and O–H groups in total. The molecule has 3 saturated heterocycles. The van der Waals surface area contributed by atoms with Gasteiger partial charge in [-0.2, -0.15) is 5.10 Å². The van der Waals surface area contributed by atoms with Crippen molar-refractivity contribution in [3.8, 4) is 22.8 Å². The molecule has 35 heavy (non-hydrogen) atoms. The Bertz CT molecular complexity index is 1200. The largest absolute Gasteiger partial charge is 0.493 e. The molecule has 2 bridgehead atoms. The maximum Gasteiger partial charge on any atom is 0.251 e. The SMILES string of the molecule is COc1ccc(-c2cc([C@H]3CN4CC[C@H]3C[C@@H]4CNC(=O)c3ccc(C)cc3)n(C)n2)cc1OC. The summed E-state index contributed by atoms with van der Waals surface area (Å²) in [5.74, 6) is 2.46. The molecule has 3 fully saturated rings. The predicted molar refractivity (Wildman–Crippen MR) is 136 cm³/mol. The quantitative estimate of drug-likeness (QED) is 0.560. The third-order valence-corrected chi connectivity index (χ3v) is 7.67. The van der Waals surface area contributed by atoms with Gasteiger partial charge in [-0.25, -0.2) is 0 Å². The van der Waals surface area contributed by atoms with Crippen LogP contribution < -0.4 is 14.8 Å². The van der Waals surface area contributed by atoms with Gasteiger partial charge in [0.25, 0.3) is 5.91 Å². The van der Waals surface area contributed by atoms with Crippen LogP contribution in [0.5, 0.6) is 11.5 Å². The molecule has 3 aromatic rings. The monoisotopic (exact) mass is 474 g/mol. The zero-order valence-electron chi connectivity index (χ0n) is 21.0. The van der Waals surface area contributed by atoms with E-state index >= 15 is 0 Å². The average Bonchev–Trinajstić information content (AvgIpc) is 3.28. The summed E-state index contributed by atoms with van der Waals surface area (Å²) < 4.78 is 12.9. The number of nitrogens with zero attached hydrogens (tertiary/aromatic N) is 3. The molecule has 4 heterocycles. The molecule has 3 aliphatic rings. The van der Waals surface area contributed by atoms with Crippen LogP contribution in [0.1, 0.15) is 40.4 Å². The lowest BCUT2D eigenvalue weighted by molar-refractivity contribution is 0.0280. The third kappa shape index (κ3) is 4.65. The molecule has 1 amide bonds. The fourth-order valence-electron chi connectivity index (χ4n) is 5.67. The number of hydrogen-bond acceptors (Lipinski definition) is 5. The second-order valence-corrected chi connectivity index (χ2v) is 9.76. The number of aryl methyl sites for hydroxylation is 2. The Labute approximate surface area is 207 Å². The maximum absolute atomic E-state index is 12.6. The molecule has 4 atom stereocenters. The molecular formula is C28H34N4O3. The number of benzene rings is 2. The minimum absolute atomic E-state index is 0.00962. The Kier molecular flexibility index (Phi) is 6.52. The topological polar surface area (TPSA) is 68.6 Å². The van der Waals surface area contributed by atoms with Crippen molar-refractivity contribution in [1.29, 1.82) is 0 Å². The van der Waals surface area contributed by atoms with E-state index in [1.54, 1.807) is 14.2 Å². The molecule has 3 aliphatic heterocycles. The van der Waals surface area contributed by atoms with Crippen LogP contribution in [0.15, 0.2) is 48.5 Å². The summed E-state index contributed by atoms with van der Waals surface area (Å²) in [5, 5.41) is 8.00. The lowest BCUT2D eigenvalue weighted by Crippen LogP contribution is -2.56. The Balaban J connectivity index is 1.26. The van der Waals surface area contributed by atoms with Gasteiger partial charge in [0.2, 0.25) is 0 Å². The summed E-state index contributed by atoms with van der Waals surface area (Å²) in [7, 11) is 5.33. The number of rotatable bonds is 7. The molecule has 2 aromatic carbocycles. The molecule has 1 aromatic heterocycles. The fraction of sp³-hybridized carbons (Fsp3) is 0.429. The van der Waals surface area contributed by atoms with Gasteiger partial charge >= 0.3 is 0 Å². The van der Waals surface area contributed by atoms with E-state index in [0.717, 1.165) is 41.9 Å². The van der Waals surface area contributed by atoms with E-state index in [2.05, 4.69) is 16.3 Å². The highest BCUT2D eigenvalue weighted by molar-refractivity contribution is 5.94. The number of carbonyl (C=O) groups excluding carboxylic acids is 1. The minimum atomic E-state index is 0.00962. The molecule has 6 rings (SSSR count). The lowest BCUT2D eigenvalue weighted by atomic mass is 9.74. The molecule has 7 heteroatoms. The lowest BCUT2D eigenvalue weighted by Gasteiger charge is -2.50. The molecule has 0 spiro atoms. The van der Waals surface area contributed by atoms with Crippen molar-refractivity contribution >= 4 is 5.91 Å². The Morgan fingerprint density at radius 1 is 1.09 bits per heavy atom. The van der Waals surface area contributed by atoms with Crippen LogP contribution in [0.25, 0.3) is 11.3 Å². The molecule has 0 saturated carbocycles. The number of fused-ring (bicyclic) bond motifs is 3. The van der Waals surface area contributed by atoms with Crippen molar-refractivity contribution in [1.82, 2.24) is 20.0 Å². The number of nitrogens with one attached hydrogen (secondary N) is 1. The van der Waals surface area contributed by atoms with Crippen LogP contribution >= 0.6 is 0 Å². The summed E-state index contributed by atoms with van der Waals surface area (Å²) in [6.07, 6.45) is 2.28. The van der Waals surface area contributed by atoms with Crippen molar-refractivity contribution in [2.45, 2.75) is 31.7 Å².